The molecule has 0 unspecified atom stereocenters. The zero-order valence-corrected chi connectivity index (χ0v) is 6.85. The quantitative estimate of drug-likeness (QED) is 0.621. The summed E-state index contributed by atoms with van der Waals surface area (Å²) in [5, 5.41) is 2.63. The first kappa shape index (κ1) is 8.33. The van der Waals surface area contributed by atoms with Crippen LogP contribution in [0, 0.1) is 0 Å². The van der Waals surface area contributed by atoms with Crippen LogP contribution < -0.4 is 5.32 Å². The molecule has 4 heteroatoms. The van der Waals surface area contributed by atoms with E-state index >= 15 is 0 Å². The van der Waals surface area contributed by atoms with E-state index in [1.54, 1.807) is 14.0 Å². The van der Waals surface area contributed by atoms with Crippen LogP contribution in [-0.2, 0) is 9.47 Å². The maximum Gasteiger partial charge on any atom is 0.409 e. The Morgan fingerprint density at radius 3 is 2.64 bits per heavy atom. The lowest BCUT2D eigenvalue weighted by molar-refractivity contribution is 0.0439. The highest BCUT2D eigenvalue weighted by Gasteiger charge is 2.44. The topological polar surface area (TPSA) is 47.6 Å². The van der Waals surface area contributed by atoms with Gasteiger partial charge in [-0.1, -0.05) is 0 Å². The first-order valence-electron chi connectivity index (χ1n) is 3.72. The van der Waals surface area contributed by atoms with Crippen LogP contribution in [0.4, 0.5) is 4.79 Å². The Morgan fingerprint density at radius 2 is 2.27 bits per heavy atom. The summed E-state index contributed by atoms with van der Waals surface area (Å²) < 4.78 is 9.74. The second kappa shape index (κ2) is 3.09. The van der Waals surface area contributed by atoms with Gasteiger partial charge >= 0.3 is 6.09 Å². The molecule has 1 amide bonds. The molecule has 0 aromatic rings. The molecule has 1 aliphatic carbocycles. The molecule has 0 aromatic carbocycles. The highest BCUT2D eigenvalue weighted by Crippen LogP contribution is 2.35. The van der Waals surface area contributed by atoms with Crippen LogP contribution in [0.5, 0.6) is 0 Å². The fourth-order valence-electron chi connectivity index (χ4n) is 0.847. The SMILES string of the molecule is CCOC(=O)NC1(OC)CC1. The van der Waals surface area contributed by atoms with Gasteiger partial charge < -0.3 is 9.47 Å². The maximum absolute atomic E-state index is 10.8. The summed E-state index contributed by atoms with van der Waals surface area (Å²) >= 11 is 0. The van der Waals surface area contributed by atoms with E-state index in [-0.39, 0.29) is 0 Å². The van der Waals surface area contributed by atoms with Crippen molar-refractivity contribution in [1.82, 2.24) is 5.32 Å². The molecule has 0 atom stereocenters. The molecule has 0 aromatic heterocycles. The molecule has 1 saturated carbocycles. The van der Waals surface area contributed by atoms with Gasteiger partial charge in [-0.3, -0.25) is 5.32 Å². The first-order chi connectivity index (χ1) is 5.22. The lowest BCUT2D eigenvalue weighted by atomic mass is 10.6. The Hall–Kier alpha value is -0.770. The van der Waals surface area contributed by atoms with Gasteiger partial charge in [-0.25, -0.2) is 4.79 Å². The Balaban J connectivity index is 2.24. The fourth-order valence-corrected chi connectivity index (χ4v) is 0.847. The lowest BCUT2D eigenvalue weighted by Gasteiger charge is -2.14. The molecule has 0 aliphatic heterocycles. The molecule has 1 aliphatic rings. The van der Waals surface area contributed by atoms with Crippen LogP contribution in [0.15, 0.2) is 0 Å². The zero-order chi connectivity index (χ0) is 8.32. The third kappa shape index (κ3) is 2.08. The van der Waals surface area contributed by atoms with Crippen LogP contribution in [0.1, 0.15) is 19.8 Å². The average Bonchev–Trinajstić information content (AvgIpc) is 2.70. The highest BCUT2D eigenvalue weighted by molar-refractivity contribution is 5.68. The van der Waals surface area contributed by atoms with Crippen molar-refractivity contribution in [3.05, 3.63) is 0 Å². The number of carbonyl (C=O) groups is 1. The molecule has 0 heterocycles. The molecule has 0 bridgehead atoms. The number of alkyl carbamates (subject to hydrolysis) is 1. The van der Waals surface area contributed by atoms with Crippen molar-refractivity contribution in [2.24, 2.45) is 0 Å². The molecule has 1 fully saturated rings. The van der Waals surface area contributed by atoms with E-state index in [0.717, 1.165) is 12.8 Å². The van der Waals surface area contributed by atoms with Crippen molar-refractivity contribution in [2.45, 2.75) is 25.5 Å². The minimum atomic E-state index is -0.410. The third-order valence-electron chi connectivity index (χ3n) is 1.70. The van der Waals surface area contributed by atoms with Gasteiger partial charge in [-0.05, 0) is 19.8 Å². The average molecular weight is 159 g/mol. The van der Waals surface area contributed by atoms with E-state index in [0.29, 0.717) is 6.61 Å². The monoisotopic (exact) mass is 159 g/mol. The summed E-state index contributed by atoms with van der Waals surface area (Å²) in [5.41, 5.74) is -0.410. The third-order valence-corrected chi connectivity index (χ3v) is 1.70. The van der Waals surface area contributed by atoms with Crippen molar-refractivity contribution in [3.63, 3.8) is 0 Å². The van der Waals surface area contributed by atoms with Gasteiger partial charge in [0.2, 0.25) is 0 Å². The second-order valence-electron chi connectivity index (χ2n) is 2.54. The molecular formula is C7H13NO3. The molecule has 0 saturated heterocycles. The van der Waals surface area contributed by atoms with Crippen molar-refractivity contribution in [3.8, 4) is 0 Å². The number of rotatable bonds is 3. The largest absolute Gasteiger partial charge is 0.450 e. The van der Waals surface area contributed by atoms with Crippen molar-refractivity contribution >= 4 is 6.09 Å². The zero-order valence-electron chi connectivity index (χ0n) is 6.85. The molecule has 0 radical (unpaired) electrons. The summed E-state index contributed by atoms with van der Waals surface area (Å²) in [7, 11) is 1.58. The van der Waals surface area contributed by atoms with Crippen LogP contribution >= 0.6 is 0 Å². The van der Waals surface area contributed by atoms with Crippen molar-refractivity contribution < 1.29 is 14.3 Å². The molecule has 64 valence electrons. The first-order valence-corrected chi connectivity index (χ1v) is 3.72. The normalized spacial score (nSPS) is 19.1. The number of hydrogen-bond acceptors (Lipinski definition) is 3. The number of hydrogen-bond donors (Lipinski definition) is 1. The lowest BCUT2D eigenvalue weighted by Crippen LogP contribution is -2.38. The molecular weight excluding hydrogens is 146 g/mol. The van der Waals surface area contributed by atoms with Gasteiger partial charge in [0.15, 0.2) is 0 Å². The molecule has 1 N–H and O–H groups in total. The van der Waals surface area contributed by atoms with Crippen molar-refractivity contribution in [2.75, 3.05) is 13.7 Å². The Morgan fingerprint density at radius 1 is 1.64 bits per heavy atom. The van der Waals surface area contributed by atoms with Gasteiger partial charge in [0.05, 0.1) is 6.61 Å². The Kier molecular flexibility index (Phi) is 2.34. The number of amides is 1. The Labute approximate surface area is 65.9 Å². The van der Waals surface area contributed by atoms with E-state index in [4.69, 9.17) is 4.74 Å². The number of methoxy groups -OCH3 is 1. The van der Waals surface area contributed by atoms with Gasteiger partial charge in [-0.15, -0.1) is 0 Å². The number of ether oxygens (including phenoxy) is 2. The minimum Gasteiger partial charge on any atom is -0.450 e. The molecule has 0 spiro atoms. The maximum atomic E-state index is 10.8. The van der Waals surface area contributed by atoms with Crippen molar-refractivity contribution in [1.29, 1.82) is 0 Å². The smallest absolute Gasteiger partial charge is 0.409 e. The van der Waals surface area contributed by atoms with Gasteiger partial charge in [-0.2, -0.15) is 0 Å². The van der Waals surface area contributed by atoms with E-state index in [9.17, 15) is 4.79 Å². The molecule has 1 rings (SSSR count). The van der Waals surface area contributed by atoms with Gasteiger partial charge in [0.1, 0.15) is 5.72 Å². The van der Waals surface area contributed by atoms with Gasteiger partial charge in [0.25, 0.3) is 0 Å². The van der Waals surface area contributed by atoms with E-state index in [1.165, 1.54) is 0 Å². The minimum absolute atomic E-state index is 0.394. The Bertz CT molecular complexity index is 154. The fraction of sp³-hybridized carbons (Fsp3) is 0.857. The van der Waals surface area contributed by atoms with Crippen LogP contribution in [-0.4, -0.2) is 25.5 Å². The van der Waals surface area contributed by atoms with E-state index in [1.807, 2.05) is 0 Å². The summed E-state index contributed by atoms with van der Waals surface area (Å²) in [4.78, 5) is 10.8. The molecule has 4 nitrogen and oxygen atoms in total. The number of carbonyl (C=O) groups excluding carboxylic acids is 1. The van der Waals surface area contributed by atoms with E-state index < -0.39 is 11.8 Å². The van der Waals surface area contributed by atoms with Gasteiger partial charge in [0, 0.05) is 7.11 Å². The van der Waals surface area contributed by atoms with E-state index in [2.05, 4.69) is 10.1 Å². The van der Waals surface area contributed by atoms with Crippen LogP contribution in [0.25, 0.3) is 0 Å². The number of nitrogens with one attached hydrogen (secondary N) is 1. The van der Waals surface area contributed by atoms with Crippen LogP contribution in [0.3, 0.4) is 0 Å². The summed E-state index contributed by atoms with van der Waals surface area (Å²) in [6, 6.07) is 0. The summed E-state index contributed by atoms with van der Waals surface area (Å²) in [6.45, 7) is 2.16. The summed E-state index contributed by atoms with van der Waals surface area (Å²) in [6.07, 6.45) is 1.36. The summed E-state index contributed by atoms with van der Waals surface area (Å²) in [5.74, 6) is 0. The molecule has 11 heavy (non-hydrogen) atoms. The second-order valence-corrected chi connectivity index (χ2v) is 2.54. The standard InChI is InChI=1S/C7H13NO3/c1-3-11-6(9)8-7(10-2)4-5-7/h3-5H2,1-2H3,(H,8,9). The highest BCUT2D eigenvalue weighted by atomic mass is 16.6. The predicted molar refractivity (Wildman–Crippen MR) is 39.1 cm³/mol. The van der Waals surface area contributed by atoms with Crippen LogP contribution in [0.2, 0.25) is 0 Å². The predicted octanol–water partition coefficient (Wildman–Crippen LogP) is 0.869.